The number of nitrogens with zero attached hydrogens (tertiary/aromatic N) is 1. The highest BCUT2D eigenvalue weighted by Crippen LogP contribution is 2.38. The van der Waals surface area contributed by atoms with Gasteiger partial charge in [0.15, 0.2) is 6.10 Å². The second kappa shape index (κ2) is 81.1. The van der Waals surface area contributed by atoms with Crippen LogP contribution in [0.25, 0.3) is 0 Å². The van der Waals surface area contributed by atoms with Crippen molar-refractivity contribution in [3.05, 3.63) is 0 Å². The van der Waals surface area contributed by atoms with Crippen molar-refractivity contribution >= 4 is 19.8 Å². The maximum atomic E-state index is 12.9. The molecule has 0 fully saturated rings. The molecule has 0 heterocycles. The SMILES string of the molecule is CCCCCCCCCCCCCCCCCCCCCCCCCCCCCCCCCCCCCCCCC(=O)OC(COC(=O)CCCCCCCCCCCCCCCCCCCCCCCCCCCCCCCCCCCCCCC)COP(=O)([O-])OCC[N+](C)(C)C. The van der Waals surface area contributed by atoms with Gasteiger partial charge >= 0.3 is 11.9 Å². The highest BCUT2D eigenvalue weighted by atomic mass is 31.2. The summed E-state index contributed by atoms with van der Waals surface area (Å²) in [5.74, 6) is -0.798. The lowest BCUT2D eigenvalue weighted by molar-refractivity contribution is -0.870. The van der Waals surface area contributed by atoms with Gasteiger partial charge in [-0.1, -0.05) is 483 Å². The monoisotopic (exact) mass is 1420 g/mol. The van der Waals surface area contributed by atoms with Crippen LogP contribution in [-0.2, 0) is 32.7 Å². The number of phosphoric ester groups is 1. The van der Waals surface area contributed by atoms with E-state index in [1.807, 2.05) is 21.1 Å². The number of carbonyl (C=O) groups is 2. The van der Waals surface area contributed by atoms with Crippen LogP contribution in [0.5, 0.6) is 0 Å². The minimum atomic E-state index is -4.64. The maximum absolute atomic E-state index is 12.9. The molecule has 0 saturated heterocycles. The molecule has 0 aromatic rings. The zero-order valence-electron chi connectivity index (χ0n) is 68.0. The average molecular weight is 1420 g/mol. The van der Waals surface area contributed by atoms with E-state index >= 15 is 0 Å². The first-order chi connectivity index (χ1) is 48.5. The third kappa shape index (κ3) is 85.8. The summed E-state index contributed by atoms with van der Waals surface area (Å²) in [6, 6.07) is 0. The van der Waals surface area contributed by atoms with Gasteiger partial charge in [-0.2, -0.15) is 0 Å². The molecule has 0 N–H and O–H groups in total. The second-order valence-corrected chi connectivity index (χ2v) is 34.1. The van der Waals surface area contributed by atoms with E-state index in [9.17, 15) is 19.0 Å². The molecule has 0 spiro atoms. The van der Waals surface area contributed by atoms with Crippen LogP contribution in [0.3, 0.4) is 0 Å². The number of hydrogen-bond donors (Lipinski definition) is 0. The molecule has 10 heteroatoms. The number of hydrogen-bond acceptors (Lipinski definition) is 8. The van der Waals surface area contributed by atoms with E-state index in [1.54, 1.807) is 0 Å². The standard InChI is InChI=1S/C89H178NO8P/c1-6-8-10-12-14-16-18-20-22-24-26-28-30-32-34-36-38-40-42-44-46-48-50-52-54-56-58-60-62-64-66-68-70-72-74-76-78-80-82-89(92)98-87(86-97-99(93,94)96-84-83-90(3,4)5)85-95-88(91)81-79-77-75-73-71-69-67-65-63-61-59-57-55-53-51-49-47-45-43-41-39-37-35-33-31-29-27-25-23-21-19-17-15-13-11-9-7-2/h87H,6-86H2,1-5H3. The van der Waals surface area contributed by atoms with Crippen molar-refractivity contribution in [2.24, 2.45) is 0 Å². The third-order valence-electron chi connectivity index (χ3n) is 21.4. The summed E-state index contributed by atoms with van der Waals surface area (Å²) < 4.78 is 34.5. The van der Waals surface area contributed by atoms with Crippen molar-refractivity contribution in [2.75, 3.05) is 47.5 Å². The molecule has 99 heavy (non-hydrogen) atoms. The Balaban J connectivity index is 3.81. The topological polar surface area (TPSA) is 111 Å². The van der Waals surface area contributed by atoms with Crippen molar-refractivity contribution < 1.29 is 42.1 Å². The van der Waals surface area contributed by atoms with E-state index in [0.717, 1.165) is 32.1 Å². The van der Waals surface area contributed by atoms with E-state index in [2.05, 4.69) is 13.8 Å². The summed E-state index contributed by atoms with van der Waals surface area (Å²) in [4.78, 5) is 38.3. The van der Waals surface area contributed by atoms with Gasteiger partial charge in [-0.15, -0.1) is 0 Å². The van der Waals surface area contributed by atoms with E-state index in [-0.39, 0.29) is 32.0 Å². The van der Waals surface area contributed by atoms with Gasteiger partial charge < -0.3 is 27.9 Å². The Labute approximate surface area is 620 Å². The van der Waals surface area contributed by atoms with Crippen LogP contribution >= 0.6 is 7.82 Å². The molecule has 0 amide bonds. The molecule has 0 aromatic carbocycles. The number of carbonyl (C=O) groups excluding carboxylic acids is 2. The molecule has 0 aliphatic carbocycles. The Kier molecular flexibility index (Phi) is 80.3. The van der Waals surface area contributed by atoms with Crippen molar-refractivity contribution in [3.8, 4) is 0 Å². The fourth-order valence-electron chi connectivity index (χ4n) is 14.5. The van der Waals surface area contributed by atoms with Gasteiger partial charge in [-0.3, -0.25) is 14.2 Å². The molecule has 0 rings (SSSR count). The largest absolute Gasteiger partial charge is 0.756 e. The Bertz CT molecular complexity index is 1620. The Morgan fingerprint density at radius 3 is 0.646 bits per heavy atom. The minimum absolute atomic E-state index is 0.0245. The molecule has 592 valence electrons. The van der Waals surface area contributed by atoms with Crippen molar-refractivity contribution in [2.45, 2.75) is 514 Å². The normalized spacial score (nSPS) is 12.8. The quantitative estimate of drug-likeness (QED) is 0.0256. The summed E-state index contributed by atoms with van der Waals surface area (Å²) in [6.45, 7) is 4.36. The number of phosphoric acid groups is 1. The first-order valence-corrected chi connectivity index (χ1v) is 46.7. The Morgan fingerprint density at radius 2 is 0.455 bits per heavy atom. The first-order valence-electron chi connectivity index (χ1n) is 45.2. The number of likely N-dealkylation sites (N-methyl/N-ethyl adjacent to an activating group) is 1. The van der Waals surface area contributed by atoms with Crippen LogP contribution in [0.4, 0.5) is 0 Å². The lowest BCUT2D eigenvalue weighted by Crippen LogP contribution is -2.37. The number of rotatable bonds is 87. The average Bonchev–Trinajstić information content (AvgIpc) is 1.02. The zero-order chi connectivity index (χ0) is 71.8. The van der Waals surface area contributed by atoms with Gasteiger partial charge in [0.05, 0.1) is 27.7 Å². The van der Waals surface area contributed by atoms with E-state index in [4.69, 9.17) is 18.5 Å². The van der Waals surface area contributed by atoms with Crippen LogP contribution < -0.4 is 4.89 Å². The Hall–Kier alpha value is -0.990. The second-order valence-electron chi connectivity index (χ2n) is 32.7. The van der Waals surface area contributed by atoms with E-state index in [1.165, 1.54) is 443 Å². The minimum Gasteiger partial charge on any atom is -0.756 e. The Morgan fingerprint density at radius 1 is 0.273 bits per heavy atom. The highest BCUT2D eigenvalue weighted by molar-refractivity contribution is 7.45. The van der Waals surface area contributed by atoms with Crippen LogP contribution in [0.15, 0.2) is 0 Å². The van der Waals surface area contributed by atoms with E-state index < -0.39 is 26.5 Å². The lowest BCUT2D eigenvalue weighted by atomic mass is 10.0. The molecule has 0 bridgehead atoms. The molecule has 2 atom stereocenters. The van der Waals surface area contributed by atoms with Gasteiger partial charge in [0, 0.05) is 12.8 Å². The predicted molar refractivity (Wildman–Crippen MR) is 430 cm³/mol. The smallest absolute Gasteiger partial charge is 0.306 e. The third-order valence-corrected chi connectivity index (χ3v) is 22.3. The zero-order valence-corrected chi connectivity index (χ0v) is 68.9. The number of unbranched alkanes of at least 4 members (excludes halogenated alkanes) is 73. The fraction of sp³-hybridized carbons (Fsp3) is 0.978. The lowest BCUT2D eigenvalue weighted by Gasteiger charge is -2.28. The van der Waals surface area contributed by atoms with Crippen LogP contribution in [-0.4, -0.2) is 70.0 Å². The number of ether oxygens (including phenoxy) is 2. The summed E-state index contributed by atoms with van der Waals surface area (Å²) in [7, 11) is 1.20. The molecular weight excluding hydrogens is 1240 g/mol. The maximum Gasteiger partial charge on any atom is 0.306 e. The van der Waals surface area contributed by atoms with Crippen LogP contribution in [0.2, 0.25) is 0 Å². The van der Waals surface area contributed by atoms with Gasteiger partial charge in [-0.25, -0.2) is 0 Å². The summed E-state index contributed by atoms with van der Waals surface area (Å²) >= 11 is 0. The van der Waals surface area contributed by atoms with Crippen molar-refractivity contribution in [1.29, 1.82) is 0 Å². The number of quaternary nitrogens is 1. The first kappa shape index (κ1) is 98.0. The van der Waals surface area contributed by atoms with Gasteiger partial charge in [0.25, 0.3) is 7.82 Å². The highest BCUT2D eigenvalue weighted by Gasteiger charge is 2.22. The van der Waals surface area contributed by atoms with E-state index in [0.29, 0.717) is 17.4 Å². The summed E-state index contributed by atoms with van der Waals surface area (Å²) in [6.07, 6.45) is 103. The van der Waals surface area contributed by atoms with Gasteiger partial charge in [0.1, 0.15) is 19.8 Å². The van der Waals surface area contributed by atoms with Crippen molar-refractivity contribution in [1.82, 2.24) is 0 Å². The molecule has 0 aromatic heterocycles. The molecular formula is C89H178NO8P. The molecule has 0 aliphatic rings. The summed E-state index contributed by atoms with van der Waals surface area (Å²) in [5.41, 5.74) is 0. The summed E-state index contributed by atoms with van der Waals surface area (Å²) in [5, 5.41) is 0. The van der Waals surface area contributed by atoms with Crippen LogP contribution in [0, 0.1) is 0 Å². The molecule has 0 aliphatic heterocycles. The predicted octanol–water partition coefficient (Wildman–Crippen LogP) is 29.7. The fourth-order valence-corrected chi connectivity index (χ4v) is 15.2. The molecule has 2 unspecified atom stereocenters. The molecule has 0 saturated carbocycles. The van der Waals surface area contributed by atoms with Gasteiger partial charge in [0.2, 0.25) is 0 Å². The molecule has 0 radical (unpaired) electrons. The van der Waals surface area contributed by atoms with Crippen LogP contribution in [0.1, 0.15) is 508 Å². The van der Waals surface area contributed by atoms with Crippen molar-refractivity contribution in [3.63, 3.8) is 0 Å². The molecule has 9 nitrogen and oxygen atoms in total. The number of esters is 2. The van der Waals surface area contributed by atoms with Gasteiger partial charge in [-0.05, 0) is 12.8 Å².